The first-order valence-corrected chi connectivity index (χ1v) is 8.22. The Morgan fingerprint density at radius 1 is 0.913 bits per heavy atom. The van der Waals surface area contributed by atoms with E-state index < -0.39 is 6.09 Å². The number of halogens is 1. The van der Waals surface area contributed by atoms with Crippen molar-refractivity contribution in [2.75, 3.05) is 13.1 Å². The van der Waals surface area contributed by atoms with Gasteiger partial charge in [0.05, 0.1) is 5.56 Å². The number of nitrogens with one attached hydrogen (secondary N) is 2. The molecular weight excluding hydrogens is 407 g/mol. The Morgan fingerprint density at radius 3 is 2.30 bits per heavy atom. The summed E-state index contributed by atoms with van der Waals surface area (Å²) in [7, 11) is 0. The van der Waals surface area contributed by atoms with Gasteiger partial charge in [-0.2, -0.15) is 0 Å². The van der Waals surface area contributed by atoms with Crippen LogP contribution >= 0.6 is 22.6 Å². The molecule has 2 aromatic rings. The molecule has 23 heavy (non-hydrogen) atoms. The van der Waals surface area contributed by atoms with Gasteiger partial charge in [-0.05, 0) is 40.3 Å². The predicted octanol–water partition coefficient (Wildman–Crippen LogP) is 2.95. The maximum atomic E-state index is 12.0. The van der Waals surface area contributed by atoms with Crippen LogP contribution in [0.1, 0.15) is 15.9 Å². The summed E-state index contributed by atoms with van der Waals surface area (Å²) in [6.45, 7) is 0.869. The van der Waals surface area contributed by atoms with E-state index in [2.05, 4.69) is 33.2 Å². The lowest BCUT2D eigenvalue weighted by atomic mass is 10.2. The second kappa shape index (κ2) is 9.14. The lowest BCUT2D eigenvalue weighted by molar-refractivity contribution is 0.0951. The fraction of sp³-hybridized carbons (Fsp3) is 0.176. The largest absolute Gasteiger partial charge is 0.445 e. The molecule has 6 heteroatoms. The van der Waals surface area contributed by atoms with Crippen molar-refractivity contribution in [3.63, 3.8) is 0 Å². The van der Waals surface area contributed by atoms with Gasteiger partial charge in [0, 0.05) is 16.7 Å². The van der Waals surface area contributed by atoms with Crippen LogP contribution in [0.15, 0.2) is 54.6 Å². The van der Waals surface area contributed by atoms with Gasteiger partial charge >= 0.3 is 6.09 Å². The molecular formula is C17H17IN2O3. The molecule has 0 atom stereocenters. The van der Waals surface area contributed by atoms with Crippen molar-refractivity contribution in [3.8, 4) is 0 Å². The van der Waals surface area contributed by atoms with Crippen molar-refractivity contribution in [2.45, 2.75) is 6.61 Å². The maximum absolute atomic E-state index is 12.0. The molecule has 0 aliphatic rings. The summed E-state index contributed by atoms with van der Waals surface area (Å²) in [5.41, 5.74) is 1.55. The molecule has 0 spiro atoms. The highest BCUT2D eigenvalue weighted by molar-refractivity contribution is 14.1. The molecule has 0 bridgehead atoms. The Hall–Kier alpha value is -2.09. The summed E-state index contributed by atoms with van der Waals surface area (Å²) in [5.74, 6) is -0.158. The smallest absolute Gasteiger partial charge is 0.407 e. The van der Waals surface area contributed by atoms with Crippen LogP contribution in [0.2, 0.25) is 0 Å². The fourth-order valence-corrected chi connectivity index (χ4v) is 2.49. The molecule has 0 aliphatic heterocycles. The molecule has 2 N–H and O–H groups in total. The van der Waals surface area contributed by atoms with Crippen LogP contribution in [0.3, 0.4) is 0 Å². The van der Waals surface area contributed by atoms with Gasteiger partial charge in [-0.3, -0.25) is 4.79 Å². The van der Waals surface area contributed by atoms with Gasteiger partial charge in [0.15, 0.2) is 0 Å². The number of carbonyl (C=O) groups excluding carboxylic acids is 2. The summed E-state index contributed by atoms with van der Waals surface area (Å²) >= 11 is 2.11. The SMILES string of the molecule is O=C(NCCNC(=O)c1ccccc1I)OCc1ccccc1. The summed E-state index contributed by atoms with van der Waals surface area (Å²) < 4.78 is 5.96. The van der Waals surface area contributed by atoms with Gasteiger partial charge in [0.1, 0.15) is 6.61 Å². The van der Waals surface area contributed by atoms with E-state index in [1.165, 1.54) is 0 Å². The average Bonchev–Trinajstić information content (AvgIpc) is 2.58. The van der Waals surface area contributed by atoms with Gasteiger partial charge < -0.3 is 15.4 Å². The minimum atomic E-state index is -0.502. The first kappa shape index (κ1) is 17.3. The number of amides is 2. The zero-order valence-electron chi connectivity index (χ0n) is 12.4. The van der Waals surface area contributed by atoms with Gasteiger partial charge in [0.25, 0.3) is 5.91 Å². The number of benzene rings is 2. The third-order valence-corrected chi connectivity index (χ3v) is 3.95. The zero-order chi connectivity index (χ0) is 16.5. The molecule has 0 heterocycles. The Morgan fingerprint density at radius 2 is 1.57 bits per heavy atom. The molecule has 2 amide bonds. The van der Waals surface area contributed by atoms with E-state index in [9.17, 15) is 9.59 Å². The van der Waals surface area contributed by atoms with Gasteiger partial charge in [-0.1, -0.05) is 42.5 Å². The number of rotatable bonds is 6. The predicted molar refractivity (Wildman–Crippen MR) is 96.1 cm³/mol. The topological polar surface area (TPSA) is 67.4 Å². The highest BCUT2D eigenvalue weighted by Crippen LogP contribution is 2.10. The molecule has 0 aromatic heterocycles. The molecule has 0 radical (unpaired) electrons. The highest BCUT2D eigenvalue weighted by atomic mass is 127. The number of hydrogen-bond donors (Lipinski definition) is 2. The molecule has 2 aromatic carbocycles. The van der Waals surface area contributed by atoms with Crippen molar-refractivity contribution < 1.29 is 14.3 Å². The van der Waals surface area contributed by atoms with E-state index in [4.69, 9.17) is 4.74 Å². The third kappa shape index (κ3) is 5.90. The van der Waals surface area contributed by atoms with Gasteiger partial charge in [-0.15, -0.1) is 0 Å². The summed E-state index contributed by atoms with van der Waals surface area (Å²) in [5, 5.41) is 5.35. The Bertz CT molecular complexity index is 662. The second-order valence-electron chi connectivity index (χ2n) is 4.72. The number of ether oxygens (including phenoxy) is 1. The number of carbonyl (C=O) groups is 2. The molecule has 0 saturated carbocycles. The minimum Gasteiger partial charge on any atom is -0.445 e. The maximum Gasteiger partial charge on any atom is 0.407 e. The molecule has 0 aliphatic carbocycles. The highest BCUT2D eigenvalue weighted by Gasteiger charge is 2.08. The van der Waals surface area contributed by atoms with Crippen LogP contribution in [0.25, 0.3) is 0 Å². The Balaban J connectivity index is 1.64. The number of hydrogen-bond acceptors (Lipinski definition) is 3. The van der Waals surface area contributed by atoms with E-state index in [1.807, 2.05) is 48.5 Å². The first-order chi connectivity index (χ1) is 11.2. The average molecular weight is 424 g/mol. The van der Waals surface area contributed by atoms with Crippen molar-refractivity contribution >= 4 is 34.6 Å². The van der Waals surface area contributed by atoms with Crippen molar-refractivity contribution in [2.24, 2.45) is 0 Å². The van der Waals surface area contributed by atoms with Crippen molar-refractivity contribution in [3.05, 3.63) is 69.3 Å². The van der Waals surface area contributed by atoms with E-state index >= 15 is 0 Å². The van der Waals surface area contributed by atoms with Crippen LogP contribution in [-0.4, -0.2) is 25.1 Å². The van der Waals surface area contributed by atoms with Crippen molar-refractivity contribution in [1.82, 2.24) is 10.6 Å². The first-order valence-electron chi connectivity index (χ1n) is 7.14. The summed E-state index contributed by atoms with van der Waals surface area (Å²) in [6, 6.07) is 16.8. The summed E-state index contributed by atoms with van der Waals surface area (Å²) in [4.78, 5) is 23.5. The third-order valence-electron chi connectivity index (χ3n) is 3.01. The Labute approximate surface area is 148 Å². The van der Waals surface area contributed by atoms with E-state index in [0.29, 0.717) is 18.7 Å². The van der Waals surface area contributed by atoms with Crippen LogP contribution in [0.4, 0.5) is 4.79 Å². The van der Waals surface area contributed by atoms with Crippen LogP contribution < -0.4 is 10.6 Å². The molecule has 0 fully saturated rings. The normalized spacial score (nSPS) is 9.96. The molecule has 120 valence electrons. The molecule has 5 nitrogen and oxygen atoms in total. The van der Waals surface area contributed by atoms with Crippen LogP contribution in [0.5, 0.6) is 0 Å². The monoisotopic (exact) mass is 424 g/mol. The van der Waals surface area contributed by atoms with Gasteiger partial charge in [-0.25, -0.2) is 4.79 Å². The molecule has 0 unspecified atom stereocenters. The molecule has 2 rings (SSSR count). The van der Waals surface area contributed by atoms with Crippen molar-refractivity contribution in [1.29, 1.82) is 0 Å². The second-order valence-corrected chi connectivity index (χ2v) is 5.89. The Kier molecular flexibility index (Phi) is 6.86. The molecule has 0 saturated heterocycles. The number of alkyl carbamates (subject to hydrolysis) is 1. The van der Waals surface area contributed by atoms with Crippen LogP contribution in [-0.2, 0) is 11.3 Å². The summed E-state index contributed by atoms with van der Waals surface area (Å²) in [6.07, 6.45) is -0.502. The van der Waals surface area contributed by atoms with E-state index in [1.54, 1.807) is 6.07 Å². The quantitative estimate of drug-likeness (QED) is 0.554. The van der Waals surface area contributed by atoms with E-state index in [0.717, 1.165) is 9.13 Å². The minimum absolute atomic E-state index is 0.158. The fourth-order valence-electron chi connectivity index (χ4n) is 1.86. The van der Waals surface area contributed by atoms with Gasteiger partial charge in [0.2, 0.25) is 0 Å². The zero-order valence-corrected chi connectivity index (χ0v) is 14.6. The lowest BCUT2D eigenvalue weighted by Gasteiger charge is -2.09. The van der Waals surface area contributed by atoms with Crippen LogP contribution in [0, 0.1) is 3.57 Å². The lowest BCUT2D eigenvalue weighted by Crippen LogP contribution is -2.35. The van der Waals surface area contributed by atoms with E-state index in [-0.39, 0.29) is 12.5 Å². The standard InChI is InChI=1S/C17H17IN2O3/c18-15-9-5-4-8-14(15)16(21)19-10-11-20-17(22)23-12-13-6-2-1-3-7-13/h1-9H,10-12H2,(H,19,21)(H,20,22).